The first-order chi connectivity index (χ1) is 5.52. The summed E-state index contributed by atoms with van der Waals surface area (Å²) in [5.74, 6) is 0. The molecule has 1 aromatic heterocycles. The highest BCUT2D eigenvalue weighted by Gasteiger charge is 2.14. The van der Waals surface area contributed by atoms with Crippen LogP contribution in [-0.2, 0) is 0 Å². The Bertz CT molecular complexity index is 350. The summed E-state index contributed by atoms with van der Waals surface area (Å²) in [5, 5.41) is 0. The molecule has 1 rings (SSSR count). The molecule has 0 radical (unpaired) electrons. The van der Waals surface area contributed by atoms with Crippen molar-refractivity contribution in [3.8, 4) is 0 Å². The number of rotatable bonds is 1. The molecular weight excluding hydrogens is 394 g/mol. The molecule has 6 heteroatoms. The van der Waals surface area contributed by atoms with Crippen molar-refractivity contribution in [2.24, 2.45) is 0 Å². The van der Waals surface area contributed by atoms with Crippen molar-refractivity contribution in [2.45, 2.75) is 6.43 Å². The van der Waals surface area contributed by atoms with E-state index < -0.39 is 12.0 Å². The van der Waals surface area contributed by atoms with Crippen LogP contribution in [0.5, 0.6) is 0 Å². The first-order valence-corrected chi connectivity index (χ1v) is 5.04. The summed E-state index contributed by atoms with van der Waals surface area (Å²) >= 11 is 3.40. The first-order valence-electron chi connectivity index (χ1n) is 2.88. The number of halogens is 4. The van der Waals surface area contributed by atoms with Crippen molar-refractivity contribution >= 4 is 45.2 Å². The predicted octanol–water partition coefficient (Wildman–Crippen LogP) is 2.52. The maximum atomic E-state index is 12.2. The van der Waals surface area contributed by atoms with Crippen LogP contribution in [0.2, 0.25) is 0 Å². The van der Waals surface area contributed by atoms with E-state index in [0.717, 1.165) is 0 Å². The van der Waals surface area contributed by atoms with E-state index >= 15 is 0 Å². The number of aromatic nitrogens is 1. The molecule has 0 saturated carbocycles. The second-order valence-electron chi connectivity index (χ2n) is 2.02. The molecule has 0 aliphatic carbocycles. The molecule has 1 N–H and O–H groups in total. The van der Waals surface area contributed by atoms with Crippen LogP contribution >= 0.6 is 45.2 Å². The summed E-state index contributed by atoms with van der Waals surface area (Å²) in [5.41, 5.74) is -0.665. The minimum atomic E-state index is -2.59. The lowest BCUT2D eigenvalue weighted by Gasteiger charge is -2.01. The van der Waals surface area contributed by atoms with Gasteiger partial charge >= 0.3 is 0 Å². The van der Waals surface area contributed by atoms with Gasteiger partial charge in [-0.3, -0.25) is 4.79 Å². The lowest BCUT2D eigenvalue weighted by Crippen LogP contribution is -2.14. The van der Waals surface area contributed by atoms with E-state index in [4.69, 9.17) is 0 Å². The van der Waals surface area contributed by atoms with Crippen LogP contribution in [-0.4, -0.2) is 4.98 Å². The molecule has 2 nitrogen and oxygen atoms in total. The summed E-state index contributed by atoms with van der Waals surface area (Å²) in [6.07, 6.45) is -2.59. The zero-order valence-electron chi connectivity index (χ0n) is 5.57. The molecule has 0 fully saturated rings. The molecule has 1 heterocycles. The average Bonchev–Trinajstić information content (AvgIpc) is 1.96. The maximum Gasteiger partial charge on any atom is 0.265 e. The van der Waals surface area contributed by atoms with Crippen LogP contribution < -0.4 is 5.56 Å². The van der Waals surface area contributed by atoms with Gasteiger partial charge in [0.05, 0.1) is 7.27 Å². The van der Waals surface area contributed by atoms with Gasteiger partial charge in [0.15, 0.2) is 0 Å². The smallest absolute Gasteiger partial charge is 0.265 e. The Morgan fingerprint density at radius 1 is 1.42 bits per heavy atom. The van der Waals surface area contributed by atoms with Gasteiger partial charge in [-0.25, -0.2) is 8.78 Å². The van der Waals surface area contributed by atoms with E-state index in [1.54, 1.807) is 45.2 Å². The van der Waals surface area contributed by atoms with E-state index in [9.17, 15) is 13.6 Å². The van der Waals surface area contributed by atoms with Gasteiger partial charge in [0.25, 0.3) is 12.0 Å². The molecular formula is C6H3F2I2NO. The molecule has 0 atom stereocenters. The van der Waals surface area contributed by atoms with Crippen molar-refractivity contribution in [3.63, 3.8) is 0 Å². The number of nitrogens with one attached hydrogen (secondary N) is 1. The van der Waals surface area contributed by atoms with Gasteiger partial charge in [-0.2, -0.15) is 0 Å². The second kappa shape index (κ2) is 3.99. The van der Waals surface area contributed by atoms with Gasteiger partial charge in [0.2, 0.25) is 0 Å². The van der Waals surface area contributed by atoms with Gasteiger partial charge in [-0.05, 0) is 51.2 Å². The fraction of sp³-hybridized carbons (Fsp3) is 0.167. The molecule has 0 bridgehead atoms. The standard InChI is InChI=1S/C6H3F2I2NO/c7-5(8)2-1-3(9)11-6(12)4(2)10/h1,5H,(H,11,12). The number of hydrogen-bond acceptors (Lipinski definition) is 1. The number of pyridine rings is 1. The highest BCUT2D eigenvalue weighted by molar-refractivity contribution is 14.1. The lowest BCUT2D eigenvalue weighted by molar-refractivity contribution is 0.150. The van der Waals surface area contributed by atoms with E-state index in [1.165, 1.54) is 6.07 Å². The Morgan fingerprint density at radius 2 is 2.00 bits per heavy atom. The zero-order chi connectivity index (χ0) is 9.30. The van der Waals surface area contributed by atoms with Crippen molar-refractivity contribution in [2.75, 3.05) is 0 Å². The summed E-state index contributed by atoms with van der Waals surface area (Å²) in [6.45, 7) is 0. The van der Waals surface area contributed by atoms with Gasteiger partial charge in [-0.1, -0.05) is 0 Å². The average molecular weight is 397 g/mol. The first kappa shape index (κ1) is 10.4. The molecule has 12 heavy (non-hydrogen) atoms. The third kappa shape index (κ3) is 2.15. The van der Waals surface area contributed by atoms with Crippen molar-refractivity contribution in [3.05, 3.63) is 29.3 Å². The van der Waals surface area contributed by atoms with Crippen LogP contribution in [0.4, 0.5) is 8.78 Å². The van der Waals surface area contributed by atoms with Crippen molar-refractivity contribution in [1.29, 1.82) is 0 Å². The Kier molecular flexibility index (Phi) is 3.44. The fourth-order valence-electron chi connectivity index (χ4n) is 0.689. The van der Waals surface area contributed by atoms with Gasteiger partial charge in [0.1, 0.15) is 0 Å². The van der Waals surface area contributed by atoms with E-state index in [2.05, 4.69) is 4.98 Å². The van der Waals surface area contributed by atoms with Crippen LogP contribution in [0.25, 0.3) is 0 Å². The third-order valence-corrected chi connectivity index (χ3v) is 2.90. The van der Waals surface area contributed by atoms with Crippen molar-refractivity contribution in [1.82, 2.24) is 4.98 Å². The summed E-state index contributed by atoms with van der Waals surface area (Å²) in [6, 6.07) is 1.27. The molecule has 0 aromatic carbocycles. The fourth-order valence-corrected chi connectivity index (χ4v) is 1.80. The van der Waals surface area contributed by atoms with E-state index in [1.807, 2.05) is 0 Å². The van der Waals surface area contributed by atoms with Gasteiger partial charge in [0, 0.05) is 5.56 Å². The summed E-state index contributed by atoms with van der Waals surface area (Å²) in [4.78, 5) is 13.4. The highest BCUT2D eigenvalue weighted by atomic mass is 127. The van der Waals surface area contributed by atoms with E-state index in [0.29, 0.717) is 3.70 Å². The maximum absolute atomic E-state index is 12.2. The Balaban J connectivity index is 3.38. The van der Waals surface area contributed by atoms with Crippen LogP contribution in [0.3, 0.4) is 0 Å². The molecule has 0 unspecified atom stereocenters. The number of aromatic amines is 1. The molecule has 1 aromatic rings. The Morgan fingerprint density at radius 3 is 2.50 bits per heavy atom. The third-order valence-electron chi connectivity index (χ3n) is 1.20. The molecule has 0 aliphatic rings. The minimum Gasteiger partial charge on any atom is -0.316 e. The quantitative estimate of drug-likeness (QED) is 0.574. The summed E-state index contributed by atoms with van der Waals surface area (Å²) in [7, 11) is 0. The molecule has 0 aliphatic heterocycles. The summed E-state index contributed by atoms with van der Waals surface area (Å²) < 4.78 is 24.9. The number of H-pyrrole nitrogens is 1. The van der Waals surface area contributed by atoms with Crippen LogP contribution in [0.15, 0.2) is 10.9 Å². The SMILES string of the molecule is O=c1[nH]c(I)cc(C(F)F)c1I. The lowest BCUT2D eigenvalue weighted by atomic mass is 10.3. The van der Waals surface area contributed by atoms with E-state index in [-0.39, 0.29) is 9.13 Å². The second-order valence-corrected chi connectivity index (χ2v) is 4.26. The van der Waals surface area contributed by atoms with Crippen LogP contribution in [0, 0.1) is 7.27 Å². The number of alkyl halides is 2. The van der Waals surface area contributed by atoms with Gasteiger partial charge < -0.3 is 4.98 Å². The normalized spacial score (nSPS) is 10.8. The topological polar surface area (TPSA) is 32.9 Å². The van der Waals surface area contributed by atoms with Crippen molar-refractivity contribution < 1.29 is 8.78 Å². The largest absolute Gasteiger partial charge is 0.316 e. The molecule has 0 spiro atoms. The highest BCUT2D eigenvalue weighted by Crippen LogP contribution is 2.22. The van der Waals surface area contributed by atoms with Gasteiger partial charge in [-0.15, -0.1) is 0 Å². The molecule has 0 saturated heterocycles. The molecule has 66 valence electrons. The predicted molar refractivity (Wildman–Crippen MR) is 57.5 cm³/mol. The molecule has 0 amide bonds. The zero-order valence-corrected chi connectivity index (χ0v) is 9.89. The Hall–Kier alpha value is 0.270. The minimum absolute atomic E-state index is 0.0583. The monoisotopic (exact) mass is 397 g/mol. The van der Waals surface area contributed by atoms with Crippen LogP contribution in [0.1, 0.15) is 12.0 Å². The number of hydrogen-bond donors (Lipinski definition) is 1. The Labute approximate surface area is 94.0 Å².